The van der Waals surface area contributed by atoms with Crippen molar-refractivity contribution in [1.29, 1.82) is 0 Å². The van der Waals surface area contributed by atoms with Crippen LogP contribution in [0, 0.1) is 18.6 Å². The number of anilines is 2. The molecular formula is C21H21BrF5N3O. The Bertz CT molecular complexity index is 953. The summed E-state index contributed by atoms with van der Waals surface area (Å²) in [6.07, 6.45) is -2.96. The van der Waals surface area contributed by atoms with Gasteiger partial charge in [0.25, 0.3) is 0 Å². The van der Waals surface area contributed by atoms with E-state index < -0.39 is 29.4 Å². The Morgan fingerprint density at radius 1 is 1.23 bits per heavy atom. The summed E-state index contributed by atoms with van der Waals surface area (Å²) in [5.74, 6) is -2.41. The van der Waals surface area contributed by atoms with E-state index in [-0.39, 0.29) is 29.7 Å². The lowest BCUT2D eigenvalue weighted by Crippen LogP contribution is -2.47. The molecule has 1 saturated heterocycles. The van der Waals surface area contributed by atoms with Crippen LogP contribution in [0.4, 0.5) is 33.5 Å². The zero-order chi connectivity index (χ0) is 22.8. The second-order valence-electron chi connectivity index (χ2n) is 7.34. The SMILES string of the molecule is Cc1cc(C(F)(F)F)cc(N2CCC[C@H]2C(=O)N(CCCBr)c2ccc(F)c(F)c2)n1. The van der Waals surface area contributed by atoms with Gasteiger partial charge in [0.15, 0.2) is 11.6 Å². The van der Waals surface area contributed by atoms with Crippen molar-refractivity contribution in [3.05, 3.63) is 53.2 Å². The summed E-state index contributed by atoms with van der Waals surface area (Å²) in [6.45, 7) is 2.08. The number of pyridine rings is 1. The van der Waals surface area contributed by atoms with Gasteiger partial charge in [0.05, 0.1) is 5.56 Å². The van der Waals surface area contributed by atoms with Crippen molar-refractivity contribution in [3.63, 3.8) is 0 Å². The molecule has 10 heteroatoms. The van der Waals surface area contributed by atoms with E-state index in [2.05, 4.69) is 20.9 Å². The number of alkyl halides is 4. The van der Waals surface area contributed by atoms with Crippen LogP contribution >= 0.6 is 15.9 Å². The maximum atomic E-state index is 13.8. The predicted molar refractivity (Wildman–Crippen MR) is 111 cm³/mol. The summed E-state index contributed by atoms with van der Waals surface area (Å²) < 4.78 is 66.9. The molecule has 31 heavy (non-hydrogen) atoms. The van der Waals surface area contributed by atoms with Crippen molar-refractivity contribution < 1.29 is 26.7 Å². The molecule has 1 atom stereocenters. The van der Waals surface area contributed by atoms with E-state index in [0.717, 1.165) is 24.3 Å². The van der Waals surface area contributed by atoms with Crippen molar-refractivity contribution in [2.75, 3.05) is 28.2 Å². The molecule has 1 aromatic carbocycles. The molecule has 0 spiro atoms. The van der Waals surface area contributed by atoms with Gasteiger partial charge in [-0.3, -0.25) is 4.79 Å². The van der Waals surface area contributed by atoms with Gasteiger partial charge in [-0.1, -0.05) is 15.9 Å². The Hall–Kier alpha value is -2.23. The van der Waals surface area contributed by atoms with E-state index in [4.69, 9.17) is 0 Å². The Morgan fingerprint density at radius 3 is 2.61 bits per heavy atom. The van der Waals surface area contributed by atoms with Crippen LogP contribution in [0.2, 0.25) is 0 Å². The minimum absolute atomic E-state index is 0.0777. The first-order valence-electron chi connectivity index (χ1n) is 9.76. The number of aromatic nitrogens is 1. The Labute approximate surface area is 185 Å². The molecular weight excluding hydrogens is 485 g/mol. The second-order valence-corrected chi connectivity index (χ2v) is 8.13. The quantitative estimate of drug-likeness (QED) is 0.385. The summed E-state index contributed by atoms with van der Waals surface area (Å²) in [5, 5.41) is 0.587. The molecule has 168 valence electrons. The van der Waals surface area contributed by atoms with Crippen LogP contribution in [0.15, 0.2) is 30.3 Å². The number of carbonyl (C=O) groups is 1. The van der Waals surface area contributed by atoms with Gasteiger partial charge < -0.3 is 9.80 Å². The molecule has 0 N–H and O–H groups in total. The standard InChI is InChI=1S/C21H21BrF5N3O/c1-13-10-14(21(25,26)27)11-19(28-13)30-8-2-4-18(30)20(31)29(9-3-7-22)15-5-6-16(23)17(24)12-15/h5-6,10-12,18H,2-4,7-9H2,1H3/t18-/m0/s1. The largest absolute Gasteiger partial charge is 0.416 e. The molecule has 0 radical (unpaired) electrons. The minimum Gasteiger partial charge on any atom is -0.345 e. The molecule has 0 bridgehead atoms. The van der Waals surface area contributed by atoms with Crippen LogP contribution < -0.4 is 9.80 Å². The molecule has 1 aliphatic heterocycles. The normalized spacial score (nSPS) is 16.6. The van der Waals surface area contributed by atoms with Crippen molar-refractivity contribution in [1.82, 2.24) is 4.98 Å². The number of aryl methyl sites for hydroxylation is 1. The van der Waals surface area contributed by atoms with Crippen molar-refractivity contribution >= 4 is 33.3 Å². The molecule has 0 aliphatic carbocycles. The maximum absolute atomic E-state index is 13.8. The fraction of sp³-hybridized carbons (Fsp3) is 0.429. The summed E-state index contributed by atoms with van der Waals surface area (Å²) >= 11 is 3.29. The third-order valence-electron chi connectivity index (χ3n) is 5.10. The molecule has 1 aromatic heterocycles. The predicted octanol–water partition coefficient (Wildman–Crippen LogP) is 5.47. The Morgan fingerprint density at radius 2 is 1.97 bits per heavy atom. The van der Waals surface area contributed by atoms with Gasteiger partial charge in [0.2, 0.25) is 5.91 Å². The van der Waals surface area contributed by atoms with Crippen LogP contribution in [0.1, 0.15) is 30.5 Å². The third-order valence-corrected chi connectivity index (χ3v) is 5.66. The number of carbonyl (C=O) groups excluding carboxylic acids is 1. The van der Waals surface area contributed by atoms with E-state index >= 15 is 0 Å². The summed E-state index contributed by atoms with van der Waals surface area (Å²) in [4.78, 5) is 20.5. The van der Waals surface area contributed by atoms with E-state index in [1.807, 2.05) is 0 Å². The van der Waals surface area contributed by atoms with Crippen LogP contribution in [0.5, 0.6) is 0 Å². The lowest BCUT2D eigenvalue weighted by atomic mass is 10.1. The van der Waals surface area contributed by atoms with Gasteiger partial charge in [0, 0.05) is 35.9 Å². The van der Waals surface area contributed by atoms with Gasteiger partial charge in [-0.05, 0) is 50.5 Å². The van der Waals surface area contributed by atoms with E-state index in [1.165, 1.54) is 17.9 Å². The molecule has 2 aromatic rings. The van der Waals surface area contributed by atoms with Gasteiger partial charge in [-0.15, -0.1) is 0 Å². The first-order valence-corrected chi connectivity index (χ1v) is 10.9. The first-order chi connectivity index (χ1) is 14.6. The van der Waals surface area contributed by atoms with Crippen molar-refractivity contribution in [2.45, 2.75) is 38.4 Å². The first kappa shape index (κ1) is 23.4. The summed E-state index contributed by atoms with van der Waals surface area (Å²) in [6, 6.07) is 4.37. The number of hydrogen-bond donors (Lipinski definition) is 0. The highest BCUT2D eigenvalue weighted by atomic mass is 79.9. The van der Waals surface area contributed by atoms with E-state index in [9.17, 15) is 26.7 Å². The average molecular weight is 506 g/mol. The Kier molecular flexibility index (Phi) is 7.18. The molecule has 0 unspecified atom stereocenters. The van der Waals surface area contributed by atoms with Gasteiger partial charge in [-0.2, -0.15) is 13.2 Å². The van der Waals surface area contributed by atoms with Gasteiger partial charge in [-0.25, -0.2) is 13.8 Å². The number of amides is 1. The monoisotopic (exact) mass is 505 g/mol. The summed E-state index contributed by atoms with van der Waals surface area (Å²) in [7, 11) is 0. The fourth-order valence-corrected chi connectivity index (χ4v) is 3.93. The maximum Gasteiger partial charge on any atom is 0.416 e. The lowest BCUT2D eigenvalue weighted by molar-refractivity contribution is -0.137. The molecule has 1 fully saturated rings. The number of nitrogens with zero attached hydrogens (tertiary/aromatic N) is 3. The van der Waals surface area contributed by atoms with E-state index in [1.54, 1.807) is 4.90 Å². The van der Waals surface area contributed by atoms with Gasteiger partial charge in [0.1, 0.15) is 11.9 Å². The number of hydrogen-bond acceptors (Lipinski definition) is 3. The average Bonchev–Trinajstić information content (AvgIpc) is 3.19. The Balaban J connectivity index is 1.94. The van der Waals surface area contributed by atoms with E-state index in [0.29, 0.717) is 31.1 Å². The zero-order valence-electron chi connectivity index (χ0n) is 16.7. The zero-order valence-corrected chi connectivity index (χ0v) is 18.3. The third kappa shape index (κ3) is 5.34. The molecule has 1 amide bonds. The minimum atomic E-state index is -4.53. The van der Waals surface area contributed by atoms with Crippen LogP contribution in [0.3, 0.4) is 0 Å². The lowest BCUT2D eigenvalue weighted by Gasteiger charge is -2.31. The van der Waals surface area contributed by atoms with Gasteiger partial charge >= 0.3 is 6.18 Å². The summed E-state index contributed by atoms with van der Waals surface area (Å²) in [5.41, 5.74) is -0.436. The highest BCUT2D eigenvalue weighted by Gasteiger charge is 2.37. The molecule has 4 nitrogen and oxygen atoms in total. The second kappa shape index (κ2) is 9.50. The topological polar surface area (TPSA) is 36.4 Å². The molecule has 1 aliphatic rings. The number of benzene rings is 1. The van der Waals surface area contributed by atoms with Crippen molar-refractivity contribution in [2.24, 2.45) is 0 Å². The molecule has 0 saturated carbocycles. The molecule has 2 heterocycles. The smallest absolute Gasteiger partial charge is 0.345 e. The van der Waals surface area contributed by atoms with Crippen LogP contribution in [-0.2, 0) is 11.0 Å². The number of rotatable bonds is 6. The highest BCUT2D eigenvalue weighted by Crippen LogP contribution is 2.34. The fourth-order valence-electron chi connectivity index (χ4n) is 3.68. The van der Waals surface area contributed by atoms with Crippen LogP contribution in [-0.4, -0.2) is 35.4 Å². The highest BCUT2D eigenvalue weighted by molar-refractivity contribution is 9.09. The van der Waals surface area contributed by atoms with Crippen LogP contribution in [0.25, 0.3) is 0 Å². The number of halogens is 6. The molecule has 3 rings (SSSR count). The van der Waals surface area contributed by atoms with Crippen molar-refractivity contribution in [3.8, 4) is 0 Å².